The number of rotatable bonds is 7. The molecule has 2 N–H and O–H groups in total. The summed E-state index contributed by atoms with van der Waals surface area (Å²) in [6, 6.07) is 1.52. The highest BCUT2D eigenvalue weighted by atomic mass is 16.5. The minimum atomic E-state index is -0.182. The number of H-pyrrole nitrogens is 1. The third kappa shape index (κ3) is 4.66. The average molecular weight is 239 g/mol. The second kappa shape index (κ2) is 7.19. The van der Waals surface area contributed by atoms with Gasteiger partial charge in [0.05, 0.1) is 5.69 Å². The van der Waals surface area contributed by atoms with Crippen LogP contribution < -0.4 is 10.9 Å². The van der Waals surface area contributed by atoms with Crippen molar-refractivity contribution in [2.24, 2.45) is 0 Å². The third-order valence-electron chi connectivity index (χ3n) is 2.35. The fraction of sp³-hybridized carbons (Fsp3) is 0.667. The molecular weight excluding hydrogens is 218 g/mol. The molecule has 96 valence electrons. The van der Waals surface area contributed by atoms with E-state index in [1.54, 1.807) is 0 Å². The lowest BCUT2D eigenvalue weighted by Gasteiger charge is -2.11. The van der Waals surface area contributed by atoms with Gasteiger partial charge < -0.3 is 15.0 Å². The molecule has 0 saturated carbocycles. The molecule has 0 amide bonds. The highest BCUT2D eigenvalue weighted by Gasteiger charge is 2.09. The number of aromatic amines is 1. The van der Waals surface area contributed by atoms with Crippen molar-refractivity contribution in [1.29, 1.82) is 0 Å². The van der Waals surface area contributed by atoms with Crippen LogP contribution in [0.1, 0.15) is 44.8 Å². The number of ether oxygens (including phenoxy) is 1. The van der Waals surface area contributed by atoms with Crippen molar-refractivity contribution in [3.63, 3.8) is 0 Å². The van der Waals surface area contributed by atoms with E-state index in [9.17, 15) is 4.79 Å². The first kappa shape index (κ1) is 13.9. The van der Waals surface area contributed by atoms with Crippen LogP contribution in [0.3, 0.4) is 0 Å². The lowest BCUT2D eigenvalue weighted by Crippen LogP contribution is -2.20. The van der Waals surface area contributed by atoms with Crippen molar-refractivity contribution in [3.05, 3.63) is 27.9 Å². The Morgan fingerprint density at radius 2 is 2.29 bits per heavy atom. The Morgan fingerprint density at radius 1 is 1.53 bits per heavy atom. The Bertz CT molecular complexity index is 390. The van der Waals surface area contributed by atoms with Gasteiger partial charge in [-0.05, 0) is 26.8 Å². The van der Waals surface area contributed by atoms with Crippen LogP contribution in [0.15, 0.2) is 10.9 Å². The quantitative estimate of drug-likeness (QED) is 0.705. The number of nitrogens with one attached hydrogen (secondary N) is 2. The van der Waals surface area contributed by atoms with Gasteiger partial charge in [-0.3, -0.25) is 4.79 Å². The van der Waals surface area contributed by atoms with Gasteiger partial charge in [-0.25, -0.2) is 4.98 Å². The van der Waals surface area contributed by atoms with Crippen LogP contribution in [0.5, 0.6) is 0 Å². The van der Waals surface area contributed by atoms with E-state index < -0.39 is 0 Å². The molecule has 0 saturated heterocycles. The molecule has 1 aromatic rings. The van der Waals surface area contributed by atoms with Crippen molar-refractivity contribution >= 4 is 0 Å². The van der Waals surface area contributed by atoms with Crippen molar-refractivity contribution < 1.29 is 4.74 Å². The van der Waals surface area contributed by atoms with Crippen molar-refractivity contribution in [3.8, 4) is 0 Å². The molecule has 0 aliphatic rings. The van der Waals surface area contributed by atoms with E-state index in [4.69, 9.17) is 4.74 Å². The van der Waals surface area contributed by atoms with Gasteiger partial charge in [-0.2, -0.15) is 0 Å². The van der Waals surface area contributed by atoms with Gasteiger partial charge in [0, 0.05) is 19.2 Å². The molecule has 0 bridgehead atoms. The average Bonchev–Trinajstić information content (AvgIpc) is 2.29. The van der Waals surface area contributed by atoms with E-state index in [1.807, 2.05) is 13.8 Å². The van der Waals surface area contributed by atoms with Gasteiger partial charge in [-0.15, -0.1) is 0 Å². The molecule has 0 aliphatic heterocycles. The number of hydrogen-bond donors (Lipinski definition) is 2. The van der Waals surface area contributed by atoms with Crippen LogP contribution in [0, 0.1) is 0 Å². The normalized spacial score (nSPS) is 12.6. The van der Waals surface area contributed by atoms with Crippen LogP contribution in [-0.4, -0.2) is 23.1 Å². The zero-order valence-electron chi connectivity index (χ0n) is 10.7. The fourth-order valence-electron chi connectivity index (χ4n) is 1.53. The Balaban J connectivity index is 2.75. The molecule has 0 aliphatic carbocycles. The summed E-state index contributed by atoms with van der Waals surface area (Å²) in [5.41, 5.74) is 0.624. The molecule has 1 rings (SSSR count). The summed E-state index contributed by atoms with van der Waals surface area (Å²) >= 11 is 0. The second-order valence-corrected chi connectivity index (χ2v) is 3.90. The summed E-state index contributed by atoms with van der Waals surface area (Å²) in [7, 11) is 0. The lowest BCUT2D eigenvalue weighted by molar-refractivity contribution is 0.0697. The van der Waals surface area contributed by atoms with Gasteiger partial charge >= 0.3 is 0 Å². The maximum absolute atomic E-state index is 11.5. The maximum Gasteiger partial charge on any atom is 0.251 e. The largest absolute Gasteiger partial charge is 0.371 e. The van der Waals surface area contributed by atoms with E-state index in [0.29, 0.717) is 19.0 Å². The van der Waals surface area contributed by atoms with Gasteiger partial charge in [0.1, 0.15) is 11.9 Å². The van der Waals surface area contributed by atoms with E-state index in [1.165, 1.54) is 6.07 Å². The predicted molar refractivity (Wildman–Crippen MR) is 66.9 cm³/mol. The highest BCUT2D eigenvalue weighted by Crippen LogP contribution is 2.10. The molecule has 0 aromatic carbocycles. The predicted octanol–water partition coefficient (Wildman–Crippen LogP) is 1.37. The van der Waals surface area contributed by atoms with Gasteiger partial charge in [0.25, 0.3) is 5.56 Å². The first-order chi connectivity index (χ1) is 8.17. The SMILES string of the molecule is CCCNCc1cc(=O)[nH]c(C(C)OCC)n1. The first-order valence-corrected chi connectivity index (χ1v) is 6.09. The zero-order chi connectivity index (χ0) is 12.7. The zero-order valence-corrected chi connectivity index (χ0v) is 10.7. The molecule has 1 heterocycles. The van der Waals surface area contributed by atoms with Crippen LogP contribution in [0.25, 0.3) is 0 Å². The van der Waals surface area contributed by atoms with Gasteiger partial charge in [0.2, 0.25) is 0 Å². The molecule has 5 nitrogen and oxygen atoms in total. The standard InChI is InChI=1S/C12H21N3O2/c1-4-6-13-8-10-7-11(16)15-12(14-10)9(3)17-5-2/h7,9,13H,4-6,8H2,1-3H3,(H,14,15,16). The van der Waals surface area contributed by atoms with Crippen molar-refractivity contribution in [2.45, 2.75) is 39.8 Å². The second-order valence-electron chi connectivity index (χ2n) is 3.90. The van der Waals surface area contributed by atoms with Gasteiger partial charge in [-0.1, -0.05) is 6.92 Å². The maximum atomic E-state index is 11.5. The van der Waals surface area contributed by atoms with Crippen LogP contribution >= 0.6 is 0 Å². The number of nitrogens with zero attached hydrogens (tertiary/aromatic N) is 1. The van der Waals surface area contributed by atoms with E-state index in [-0.39, 0.29) is 11.7 Å². The summed E-state index contributed by atoms with van der Waals surface area (Å²) in [5, 5.41) is 3.22. The molecular formula is C12H21N3O2. The Morgan fingerprint density at radius 3 is 2.94 bits per heavy atom. The Hall–Kier alpha value is -1.20. The van der Waals surface area contributed by atoms with E-state index in [2.05, 4.69) is 22.2 Å². The molecule has 0 spiro atoms. The van der Waals surface area contributed by atoms with Crippen molar-refractivity contribution in [2.75, 3.05) is 13.2 Å². The minimum Gasteiger partial charge on any atom is -0.371 e. The topological polar surface area (TPSA) is 67.0 Å². The van der Waals surface area contributed by atoms with Crippen LogP contribution in [0.2, 0.25) is 0 Å². The molecule has 1 atom stereocenters. The molecule has 17 heavy (non-hydrogen) atoms. The molecule has 0 fully saturated rings. The van der Waals surface area contributed by atoms with E-state index in [0.717, 1.165) is 18.7 Å². The van der Waals surface area contributed by atoms with Crippen LogP contribution in [-0.2, 0) is 11.3 Å². The fourth-order valence-corrected chi connectivity index (χ4v) is 1.53. The molecule has 5 heteroatoms. The van der Waals surface area contributed by atoms with Crippen LogP contribution in [0.4, 0.5) is 0 Å². The summed E-state index contributed by atoms with van der Waals surface area (Å²) in [4.78, 5) is 18.6. The minimum absolute atomic E-state index is 0.130. The van der Waals surface area contributed by atoms with Gasteiger partial charge in [0.15, 0.2) is 0 Å². The smallest absolute Gasteiger partial charge is 0.251 e. The van der Waals surface area contributed by atoms with Crippen molar-refractivity contribution in [1.82, 2.24) is 15.3 Å². The summed E-state index contributed by atoms with van der Waals surface area (Å²) in [6.45, 7) is 8.03. The van der Waals surface area contributed by atoms with E-state index >= 15 is 0 Å². The molecule has 1 unspecified atom stereocenters. The summed E-state index contributed by atoms with van der Waals surface area (Å²) in [6.07, 6.45) is 0.879. The molecule has 1 aromatic heterocycles. The molecule has 0 radical (unpaired) electrons. The number of hydrogen-bond acceptors (Lipinski definition) is 4. The lowest BCUT2D eigenvalue weighted by atomic mass is 10.3. The summed E-state index contributed by atoms with van der Waals surface area (Å²) < 4.78 is 5.41. The number of aromatic nitrogens is 2. The monoisotopic (exact) mass is 239 g/mol. The Labute approximate surface area is 102 Å². The third-order valence-corrected chi connectivity index (χ3v) is 2.35. The highest BCUT2D eigenvalue weighted by molar-refractivity contribution is 5.04. The first-order valence-electron chi connectivity index (χ1n) is 6.09. The Kier molecular flexibility index (Phi) is 5.86. The summed E-state index contributed by atoms with van der Waals surface area (Å²) in [5.74, 6) is 0.590.